The van der Waals surface area contributed by atoms with Crippen molar-refractivity contribution in [3.63, 3.8) is 0 Å². The van der Waals surface area contributed by atoms with Crippen molar-refractivity contribution in [2.75, 3.05) is 5.75 Å². The number of aromatic nitrogens is 1. The van der Waals surface area contributed by atoms with E-state index < -0.39 is 34.8 Å². The quantitative estimate of drug-likeness (QED) is 0.622. The molecule has 0 aliphatic carbocycles. The van der Waals surface area contributed by atoms with Gasteiger partial charge in [0.05, 0.1) is 22.8 Å². The second-order valence-corrected chi connectivity index (χ2v) is 5.48. The van der Waals surface area contributed by atoms with Crippen molar-refractivity contribution >= 4 is 17.7 Å². The largest absolute Gasteiger partial charge is 0.549 e. The molecule has 0 unspecified atom stereocenters. The highest BCUT2D eigenvalue weighted by Crippen LogP contribution is 2.37. The zero-order chi connectivity index (χ0) is 17.9. The average Bonchev–Trinajstić information content (AvgIpc) is 2.51. The summed E-state index contributed by atoms with van der Waals surface area (Å²) in [4.78, 5) is 14.5. The number of alkyl halides is 3. The number of carbonyl (C=O) groups is 1. The van der Waals surface area contributed by atoms with Crippen LogP contribution < -0.4 is 5.11 Å². The summed E-state index contributed by atoms with van der Waals surface area (Å²) < 4.78 is 52.6. The highest BCUT2D eigenvalue weighted by atomic mass is 32.2. The number of carbonyl (C=O) groups excluding carboxylic acids is 1. The molecule has 0 radical (unpaired) electrons. The third-order valence-corrected chi connectivity index (χ3v) is 3.82. The molecule has 1 aromatic heterocycles. The Morgan fingerprint density at radius 2 is 1.92 bits per heavy atom. The van der Waals surface area contributed by atoms with Crippen molar-refractivity contribution < 1.29 is 27.5 Å². The third-order valence-electron chi connectivity index (χ3n) is 2.87. The molecule has 0 saturated heterocycles. The molecular formula is C15H7F4N2O2S-. The number of nitriles is 1. The van der Waals surface area contributed by atoms with Crippen LogP contribution in [0.25, 0.3) is 11.3 Å². The van der Waals surface area contributed by atoms with Crippen molar-refractivity contribution in [1.29, 1.82) is 5.26 Å². The van der Waals surface area contributed by atoms with E-state index in [2.05, 4.69) is 4.98 Å². The fourth-order valence-electron chi connectivity index (χ4n) is 1.85. The lowest BCUT2D eigenvalue weighted by atomic mass is 10.1. The van der Waals surface area contributed by atoms with Crippen molar-refractivity contribution in [1.82, 2.24) is 4.98 Å². The van der Waals surface area contributed by atoms with Gasteiger partial charge in [0.15, 0.2) is 0 Å². The van der Waals surface area contributed by atoms with Gasteiger partial charge in [0, 0.05) is 11.3 Å². The molecule has 4 nitrogen and oxygen atoms in total. The smallest absolute Gasteiger partial charge is 0.417 e. The number of pyridine rings is 1. The van der Waals surface area contributed by atoms with E-state index >= 15 is 0 Å². The minimum atomic E-state index is -4.83. The maximum absolute atomic E-state index is 13.2. The number of nitrogens with zero attached hydrogens (tertiary/aromatic N) is 2. The summed E-state index contributed by atoms with van der Waals surface area (Å²) in [6.45, 7) is 0. The van der Waals surface area contributed by atoms with Gasteiger partial charge in [0.1, 0.15) is 16.9 Å². The summed E-state index contributed by atoms with van der Waals surface area (Å²) >= 11 is 0.452. The van der Waals surface area contributed by atoms with E-state index in [9.17, 15) is 27.5 Å². The van der Waals surface area contributed by atoms with Crippen LogP contribution in [0.1, 0.15) is 11.1 Å². The van der Waals surface area contributed by atoms with Crippen LogP contribution in [0.4, 0.5) is 17.6 Å². The van der Waals surface area contributed by atoms with Crippen molar-refractivity contribution in [2.24, 2.45) is 0 Å². The Balaban J connectivity index is 2.64. The van der Waals surface area contributed by atoms with E-state index in [-0.39, 0.29) is 16.3 Å². The van der Waals surface area contributed by atoms with E-state index in [0.29, 0.717) is 17.8 Å². The Hall–Kier alpha value is -2.60. The number of thioether (sulfide) groups is 1. The molecule has 0 amide bonds. The van der Waals surface area contributed by atoms with E-state index in [4.69, 9.17) is 5.26 Å². The maximum Gasteiger partial charge on any atom is 0.417 e. The molecule has 2 rings (SSSR count). The van der Waals surface area contributed by atoms with Crippen molar-refractivity contribution in [3.8, 4) is 17.3 Å². The van der Waals surface area contributed by atoms with Gasteiger partial charge in [-0.25, -0.2) is 9.37 Å². The predicted molar refractivity (Wildman–Crippen MR) is 75.1 cm³/mol. The SMILES string of the molecule is N#Cc1c(C(F)(F)F)cc(-c2ccc(F)cc2)nc1SCC(=O)[O-]. The minimum Gasteiger partial charge on any atom is -0.549 e. The molecule has 0 aliphatic rings. The van der Waals surface area contributed by atoms with Crippen molar-refractivity contribution in [3.05, 3.63) is 47.3 Å². The Morgan fingerprint density at radius 1 is 1.29 bits per heavy atom. The summed E-state index contributed by atoms with van der Waals surface area (Å²) in [5.41, 5.74) is -1.95. The molecule has 9 heteroatoms. The topological polar surface area (TPSA) is 76.8 Å². The number of aliphatic carboxylic acids is 1. The molecule has 24 heavy (non-hydrogen) atoms. The standard InChI is InChI=1S/C15H8F4N2O2S/c16-9-3-1-8(2-4-9)12-5-11(15(17,18)19)10(6-20)14(21-12)24-7-13(22)23/h1-5H,7H2,(H,22,23)/p-1. The predicted octanol–water partition coefficient (Wildman–Crippen LogP) is 2.62. The first-order valence-electron chi connectivity index (χ1n) is 6.33. The number of benzene rings is 1. The number of hydrogen-bond donors (Lipinski definition) is 0. The molecular weight excluding hydrogens is 348 g/mol. The van der Waals surface area contributed by atoms with Crippen LogP contribution in [0, 0.1) is 17.1 Å². The second-order valence-electron chi connectivity index (χ2n) is 4.51. The van der Waals surface area contributed by atoms with Gasteiger partial charge in [-0.15, -0.1) is 0 Å². The third kappa shape index (κ3) is 4.02. The molecule has 0 N–H and O–H groups in total. The first-order valence-corrected chi connectivity index (χ1v) is 7.32. The normalized spacial score (nSPS) is 11.1. The molecule has 1 aromatic carbocycles. The van der Waals surface area contributed by atoms with Gasteiger partial charge in [-0.1, -0.05) is 11.8 Å². The number of carboxylic acid groups (broad SMARTS) is 1. The van der Waals surface area contributed by atoms with E-state index in [1.165, 1.54) is 18.2 Å². The molecule has 0 bridgehead atoms. The van der Waals surface area contributed by atoms with Crippen LogP contribution >= 0.6 is 11.8 Å². The number of carboxylic acids is 1. The summed E-state index contributed by atoms with van der Waals surface area (Å²) in [5.74, 6) is -2.74. The van der Waals surface area contributed by atoms with Crippen LogP contribution in [-0.2, 0) is 11.0 Å². The molecule has 0 saturated carbocycles. The summed E-state index contributed by atoms with van der Waals surface area (Å²) in [6.07, 6.45) is -4.83. The second kappa shape index (κ2) is 6.88. The fourth-order valence-corrected chi connectivity index (χ4v) is 2.57. The highest BCUT2D eigenvalue weighted by Gasteiger charge is 2.36. The van der Waals surface area contributed by atoms with E-state index in [1.807, 2.05) is 0 Å². The zero-order valence-electron chi connectivity index (χ0n) is 11.7. The summed E-state index contributed by atoms with van der Waals surface area (Å²) in [7, 11) is 0. The molecule has 0 aliphatic heterocycles. The first-order chi connectivity index (χ1) is 11.2. The van der Waals surface area contributed by atoms with E-state index in [1.54, 1.807) is 0 Å². The summed E-state index contributed by atoms with van der Waals surface area (Å²) in [5, 5.41) is 19.2. The molecule has 124 valence electrons. The van der Waals surface area contributed by atoms with Gasteiger partial charge in [0.25, 0.3) is 0 Å². The molecule has 2 aromatic rings. The maximum atomic E-state index is 13.2. The summed E-state index contributed by atoms with van der Waals surface area (Å²) in [6, 6.07) is 6.65. The van der Waals surface area contributed by atoms with Crippen LogP contribution in [0.3, 0.4) is 0 Å². The Labute approximate surface area is 137 Å². The number of halogens is 4. The molecule has 0 spiro atoms. The first kappa shape index (κ1) is 17.7. The van der Waals surface area contributed by atoms with Gasteiger partial charge in [-0.3, -0.25) is 0 Å². The van der Waals surface area contributed by atoms with Gasteiger partial charge >= 0.3 is 6.18 Å². The lowest BCUT2D eigenvalue weighted by Crippen LogP contribution is -2.24. The molecule has 0 fully saturated rings. The number of hydrogen-bond acceptors (Lipinski definition) is 5. The highest BCUT2D eigenvalue weighted by molar-refractivity contribution is 7.99. The van der Waals surface area contributed by atoms with Crippen LogP contribution in [0.15, 0.2) is 35.4 Å². The Morgan fingerprint density at radius 3 is 2.42 bits per heavy atom. The average molecular weight is 355 g/mol. The van der Waals surface area contributed by atoms with Crippen molar-refractivity contribution in [2.45, 2.75) is 11.2 Å². The van der Waals surface area contributed by atoms with Crippen LogP contribution in [-0.4, -0.2) is 16.7 Å². The van der Waals surface area contributed by atoms with Crippen LogP contribution in [0.5, 0.6) is 0 Å². The monoisotopic (exact) mass is 355 g/mol. The fraction of sp³-hybridized carbons (Fsp3) is 0.133. The lowest BCUT2D eigenvalue weighted by Gasteiger charge is -2.14. The Kier molecular flexibility index (Phi) is 5.09. The Bertz CT molecular complexity index is 814. The van der Waals surface area contributed by atoms with Crippen LogP contribution in [0.2, 0.25) is 0 Å². The van der Waals surface area contributed by atoms with Gasteiger partial charge < -0.3 is 9.90 Å². The molecule has 1 heterocycles. The van der Waals surface area contributed by atoms with Gasteiger partial charge in [0.2, 0.25) is 0 Å². The zero-order valence-corrected chi connectivity index (χ0v) is 12.5. The minimum absolute atomic E-state index is 0.151. The van der Waals surface area contributed by atoms with E-state index in [0.717, 1.165) is 12.1 Å². The van der Waals surface area contributed by atoms with Gasteiger partial charge in [-0.05, 0) is 30.3 Å². The number of rotatable bonds is 4. The lowest BCUT2D eigenvalue weighted by molar-refractivity contribution is -0.301. The van der Waals surface area contributed by atoms with Gasteiger partial charge in [-0.2, -0.15) is 18.4 Å². The molecule has 0 atom stereocenters.